The summed E-state index contributed by atoms with van der Waals surface area (Å²) in [7, 11) is 0. The Bertz CT molecular complexity index is 295. The highest BCUT2D eigenvalue weighted by Gasteiger charge is 2.34. The first kappa shape index (κ1) is 16.4. The molecule has 1 fully saturated rings. The fourth-order valence-electron chi connectivity index (χ4n) is 2.79. The van der Waals surface area contributed by atoms with Gasteiger partial charge in [-0.2, -0.15) is 0 Å². The third kappa shape index (κ3) is 4.77. The van der Waals surface area contributed by atoms with E-state index in [2.05, 4.69) is 17.6 Å². The smallest absolute Gasteiger partial charge is 0.239 e. The highest BCUT2D eigenvalue weighted by Crippen LogP contribution is 2.33. The quantitative estimate of drug-likeness (QED) is 0.690. The van der Waals surface area contributed by atoms with Crippen molar-refractivity contribution in [2.24, 2.45) is 5.92 Å². The van der Waals surface area contributed by atoms with E-state index >= 15 is 0 Å². The van der Waals surface area contributed by atoms with Gasteiger partial charge in [0.25, 0.3) is 0 Å². The summed E-state index contributed by atoms with van der Waals surface area (Å²) in [6.45, 7) is 9.04. The maximum absolute atomic E-state index is 12.1. The van der Waals surface area contributed by atoms with E-state index < -0.39 is 11.1 Å². The van der Waals surface area contributed by atoms with Gasteiger partial charge in [-0.1, -0.05) is 20.3 Å². The van der Waals surface area contributed by atoms with E-state index in [1.54, 1.807) is 0 Å². The lowest BCUT2D eigenvalue weighted by Crippen LogP contribution is -2.56. The number of aliphatic hydroxyl groups is 1. The van der Waals surface area contributed by atoms with Gasteiger partial charge in [0.15, 0.2) is 0 Å². The third-order valence-corrected chi connectivity index (χ3v) is 4.38. The van der Waals surface area contributed by atoms with Gasteiger partial charge in [-0.25, -0.2) is 0 Å². The van der Waals surface area contributed by atoms with E-state index in [-0.39, 0.29) is 5.91 Å². The van der Waals surface area contributed by atoms with Gasteiger partial charge in [0.1, 0.15) is 0 Å². The molecular weight excluding hydrogens is 240 g/mol. The zero-order valence-corrected chi connectivity index (χ0v) is 12.9. The molecule has 1 saturated carbocycles. The summed E-state index contributed by atoms with van der Waals surface area (Å²) in [6, 6.07) is 0. The molecule has 4 heteroatoms. The second-order valence-electron chi connectivity index (χ2n) is 6.41. The second-order valence-corrected chi connectivity index (χ2v) is 6.41. The van der Waals surface area contributed by atoms with Gasteiger partial charge in [0.05, 0.1) is 11.1 Å². The molecule has 0 spiro atoms. The Hall–Kier alpha value is -0.610. The predicted octanol–water partition coefficient (Wildman–Crippen LogP) is 1.82. The lowest BCUT2D eigenvalue weighted by Gasteiger charge is -2.36. The fraction of sp³-hybridized carbons (Fsp3) is 0.933. The summed E-state index contributed by atoms with van der Waals surface area (Å²) >= 11 is 0. The van der Waals surface area contributed by atoms with Crippen molar-refractivity contribution in [1.29, 1.82) is 0 Å². The van der Waals surface area contributed by atoms with Crippen molar-refractivity contribution in [2.75, 3.05) is 13.1 Å². The Morgan fingerprint density at radius 1 is 1.32 bits per heavy atom. The normalized spacial score (nSPS) is 28.2. The van der Waals surface area contributed by atoms with Gasteiger partial charge in [-0.15, -0.1) is 0 Å². The van der Waals surface area contributed by atoms with Crippen molar-refractivity contribution in [1.82, 2.24) is 10.6 Å². The van der Waals surface area contributed by atoms with Crippen molar-refractivity contribution in [3.8, 4) is 0 Å². The summed E-state index contributed by atoms with van der Waals surface area (Å²) in [6.07, 6.45) is 4.93. The topological polar surface area (TPSA) is 61.4 Å². The van der Waals surface area contributed by atoms with Crippen LogP contribution in [0, 0.1) is 5.92 Å². The molecule has 0 aliphatic heterocycles. The number of hydrogen-bond acceptors (Lipinski definition) is 3. The molecule has 0 atom stereocenters. The van der Waals surface area contributed by atoms with Gasteiger partial charge in [0.2, 0.25) is 5.91 Å². The minimum absolute atomic E-state index is 0.0413. The highest BCUT2D eigenvalue weighted by molar-refractivity contribution is 5.85. The minimum Gasteiger partial charge on any atom is -0.388 e. The van der Waals surface area contributed by atoms with Crippen molar-refractivity contribution in [2.45, 2.75) is 70.9 Å². The Morgan fingerprint density at radius 2 is 1.89 bits per heavy atom. The van der Waals surface area contributed by atoms with Crippen LogP contribution in [0.15, 0.2) is 0 Å². The average Bonchev–Trinajstić information content (AvgIpc) is 2.37. The molecule has 0 radical (unpaired) electrons. The number of likely N-dealkylation sites (N-methyl/N-ethyl adjacent to an activating group) is 1. The predicted molar refractivity (Wildman–Crippen MR) is 78.0 cm³/mol. The first-order valence-corrected chi connectivity index (χ1v) is 7.58. The van der Waals surface area contributed by atoms with E-state index in [0.717, 1.165) is 38.1 Å². The third-order valence-electron chi connectivity index (χ3n) is 4.38. The summed E-state index contributed by atoms with van der Waals surface area (Å²) in [5, 5.41) is 16.5. The van der Waals surface area contributed by atoms with Crippen LogP contribution >= 0.6 is 0 Å². The van der Waals surface area contributed by atoms with Crippen LogP contribution < -0.4 is 10.6 Å². The van der Waals surface area contributed by atoms with E-state index in [9.17, 15) is 9.90 Å². The maximum atomic E-state index is 12.1. The molecule has 4 nitrogen and oxygen atoms in total. The van der Waals surface area contributed by atoms with Crippen LogP contribution in [0.1, 0.15) is 59.8 Å². The monoisotopic (exact) mass is 270 g/mol. The molecule has 3 N–H and O–H groups in total. The molecule has 112 valence electrons. The Morgan fingerprint density at radius 3 is 2.37 bits per heavy atom. The summed E-state index contributed by atoms with van der Waals surface area (Å²) < 4.78 is 0. The van der Waals surface area contributed by atoms with Gasteiger partial charge in [-0.3, -0.25) is 4.79 Å². The molecule has 0 unspecified atom stereocenters. The highest BCUT2D eigenvalue weighted by atomic mass is 16.3. The van der Waals surface area contributed by atoms with Crippen molar-refractivity contribution in [3.05, 3.63) is 0 Å². The number of amides is 1. The van der Waals surface area contributed by atoms with Crippen LogP contribution in [0.4, 0.5) is 0 Å². The number of carbonyl (C=O) groups is 1. The molecule has 0 saturated heterocycles. The van der Waals surface area contributed by atoms with Crippen LogP contribution in [0.3, 0.4) is 0 Å². The number of nitrogens with one attached hydrogen (secondary N) is 2. The molecular formula is C15H30N2O2. The van der Waals surface area contributed by atoms with Crippen molar-refractivity contribution in [3.63, 3.8) is 0 Å². The van der Waals surface area contributed by atoms with Crippen molar-refractivity contribution >= 4 is 5.91 Å². The Labute approximate surface area is 117 Å². The van der Waals surface area contributed by atoms with Crippen molar-refractivity contribution < 1.29 is 9.90 Å². The molecule has 1 rings (SSSR count). The van der Waals surface area contributed by atoms with Gasteiger partial charge in [0, 0.05) is 6.54 Å². The Balaban J connectivity index is 2.42. The first-order valence-electron chi connectivity index (χ1n) is 7.58. The standard InChI is InChI=1S/C15H30N2O2/c1-5-12-7-9-15(19,10-8-12)11-16-13(18)14(3,4)17-6-2/h12,17,19H,5-11H2,1-4H3,(H,16,18). The van der Waals surface area contributed by atoms with E-state index in [0.29, 0.717) is 6.54 Å². The largest absolute Gasteiger partial charge is 0.388 e. The van der Waals surface area contributed by atoms with Gasteiger partial charge < -0.3 is 15.7 Å². The molecule has 0 aromatic carbocycles. The molecule has 19 heavy (non-hydrogen) atoms. The zero-order valence-electron chi connectivity index (χ0n) is 12.9. The minimum atomic E-state index is -0.705. The summed E-state index contributed by atoms with van der Waals surface area (Å²) in [5.41, 5.74) is -1.28. The lowest BCUT2D eigenvalue weighted by molar-refractivity contribution is -0.128. The van der Waals surface area contributed by atoms with E-state index in [1.807, 2.05) is 20.8 Å². The SMILES string of the molecule is CCNC(C)(C)C(=O)NCC1(O)CCC(CC)CC1. The van der Waals surface area contributed by atoms with Crippen LogP contribution in [0.25, 0.3) is 0 Å². The molecule has 0 bridgehead atoms. The summed E-state index contributed by atoms with van der Waals surface area (Å²) in [5.74, 6) is 0.703. The van der Waals surface area contributed by atoms with E-state index in [4.69, 9.17) is 0 Å². The molecule has 1 aliphatic rings. The second kappa shape index (κ2) is 6.71. The number of rotatable bonds is 6. The average molecular weight is 270 g/mol. The lowest BCUT2D eigenvalue weighted by atomic mass is 9.78. The van der Waals surface area contributed by atoms with E-state index in [1.165, 1.54) is 6.42 Å². The molecule has 1 amide bonds. The zero-order chi connectivity index (χ0) is 14.5. The summed E-state index contributed by atoms with van der Waals surface area (Å²) in [4.78, 5) is 12.1. The van der Waals surface area contributed by atoms with Crippen LogP contribution in [-0.2, 0) is 4.79 Å². The fourth-order valence-corrected chi connectivity index (χ4v) is 2.79. The molecule has 0 aromatic heterocycles. The van der Waals surface area contributed by atoms with Crippen LogP contribution in [0.2, 0.25) is 0 Å². The first-order chi connectivity index (χ1) is 8.83. The molecule has 1 aliphatic carbocycles. The number of carbonyl (C=O) groups excluding carboxylic acids is 1. The van der Waals surface area contributed by atoms with Crippen LogP contribution in [-0.4, -0.2) is 35.2 Å². The Kier molecular flexibility index (Phi) is 5.81. The number of hydrogen-bond donors (Lipinski definition) is 3. The maximum Gasteiger partial charge on any atom is 0.239 e. The molecule has 0 aromatic rings. The molecule has 0 heterocycles. The van der Waals surface area contributed by atoms with Gasteiger partial charge >= 0.3 is 0 Å². The van der Waals surface area contributed by atoms with Gasteiger partial charge in [-0.05, 0) is 52.0 Å². The van der Waals surface area contributed by atoms with Crippen LogP contribution in [0.5, 0.6) is 0 Å².